The van der Waals surface area contributed by atoms with Crippen LogP contribution < -0.4 is 0 Å². The fourth-order valence-electron chi connectivity index (χ4n) is 3.66. The van der Waals surface area contributed by atoms with Crippen molar-refractivity contribution in [2.45, 2.75) is 6.04 Å². The largest absolute Gasteiger partial charge is 0.459 e. The molecule has 5 heterocycles. The highest BCUT2D eigenvalue weighted by atomic mass is 32.1. The molecule has 4 aromatic heterocycles. The summed E-state index contributed by atoms with van der Waals surface area (Å²) in [5.74, 6) is 0.288. The number of rotatable bonds is 3. The molecule has 0 aromatic carbocycles. The maximum Gasteiger partial charge on any atom is 0.289 e. The number of aromatic nitrogens is 3. The first-order chi connectivity index (χ1) is 13.7. The Hall–Kier alpha value is -2.97. The molecule has 1 unspecified atom stereocenters. The first-order valence-electron chi connectivity index (χ1n) is 9.11. The van der Waals surface area contributed by atoms with Crippen LogP contribution in [0.5, 0.6) is 0 Å². The summed E-state index contributed by atoms with van der Waals surface area (Å²) in [4.78, 5) is 16.7. The molecule has 0 aliphatic carbocycles. The van der Waals surface area contributed by atoms with Gasteiger partial charge in [-0.05, 0) is 47.6 Å². The van der Waals surface area contributed by atoms with E-state index in [9.17, 15) is 4.79 Å². The second-order valence-electron chi connectivity index (χ2n) is 6.96. The molecule has 0 saturated carbocycles. The van der Waals surface area contributed by atoms with E-state index in [0.717, 1.165) is 23.3 Å². The molecule has 1 atom stereocenters. The van der Waals surface area contributed by atoms with Gasteiger partial charge in [0.05, 0.1) is 17.8 Å². The first-order valence-corrected chi connectivity index (χ1v) is 10.1. The maximum absolute atomic E-state index is 12.7. The highest BCUT2D eigenvalue weighted by Crippen LogP contribution is 2.29. The number of carbonyl (C=O) groups is 1. The molecule has 1 fully saturated rings. The Bertz CT molecular complexity index is 1100. The smallest absolute Gasteiger partial charge is 0.289 e. The summed E-state index contributed by atoms with van der Waals surface area (Å²) in [6, 6.07) is 9.67. The van der Waals surface area contributed by atoms with E-state index < -0.39 is 0 Å². The summed E-state index contributed by atoms with van der Waals surface area (Å²) < 4.78 is 7.11. The first kappa shape index (κ1) is 17.2. The second kappa shape index (κ2) is 6.88. The summed E-state index contributed by atoms with van der Waals surface area (Å²) in [6.45, 7) is 1.98. The number of pyridine rings is 1. The van der Waals surface area contributed by atoms with E-state index in [2.05, 4.69) is 51.2 Å². The Kier molecular flexibility index (Phi) is 4.22. The summed E-state index contributed by atoms with van der Waals surface area (Å²) in [6.07, 6.45) is 3.53. The second-order valence-corrected chi connectivity index (χ2v) is 7.74. The summed E-state index contributed by atoms with van der Waals surface area (Å²) in [7, 11) is 2.06. The molecule has 1 saturated heterocycles. The van der Waals surface area contributed by atoms with Crippen LogP contribution in [0.15, 0.2) is 58.0 Å². The van der Waals surface area contributed by atoms with Crippen LogP contribution in [0, 0.1) is 0 Å². The molecular formula is C20H19N5O2S. The van der Waals surface area contributed by atoms with Crippen molar-refractivity contribution in [1.29, 1.82) is 0 Å². The minimum Gasteiger partial charge on any atom is -0.459 e. The lowest BCUT2D eigenvalue weighted by Gasteiger charge is -2.38. The normalized spacial score (nSPS) is 18.0. The lowest BCUT2D eigenvalue weighted by molar-refractivity contribution is 0.0513. The molecule has 7 nitrogen and oxygen atoms in total. The molecule has 142 valence electrons. The number of hydrogen-bond acceptors (Lipinski definition) is 6. The van der Waals surface area contributed by atoms with Gasteiger partial charge < -0.3 is 9.32 Å². The number of carbonyl (C=O) groups excluding carboxylic acids is 1. The quantitative estimate of drug-likeness (QED) is 0.535. The molecular weight excluding hydrogens is 374 g/mol. The Balaban J connectivity index is 1.45. The van der Waals surface area contributed by atoms with Gasteiger partial charge in [-0.3, -0.25) is 9.69 Å². The van der Waals surface area contributed by atoms with E-state index in [1.165, 1.54) is 11.8 Å². The van der Waals surface area contributed by atoms with Gasteiger partial charge in [0.25, 0.3) is 5.91 Å². The zero-order chi connectivity index (χ0) is 19.1. The van der Waals surface area contributed by atoms with Crippen molar-refractivity contribution in [1.82, 2.24) is 24.6 Å². The number of furan rings is 1. The summed E-state index contributed by atoms with van der Waals surface area (Å²) in [5.41, 5.74) is 4.13. The van der Waals surface area contributed by atoms with Gasteiger partial charge in [0.15, 0.2) is 5.76 Å². The van der Waals surface area contributed by atoms with E-state index in [0.29, 0.717) is 18.8 Å². The molecule has 8 heteroatoms. The Morgan fingerprint density at radius 2 is 2.14 bits per heavy atom. The van der Waals surface area contributed by atoms with Crippen molar-refractivity contribution in [3.05, 3.63) is 65.0 Å². The van der Waals surface area contributed by atoms with Gasteiger partial charge in [-0.2, -0.15) is 11.3 Å². The highest BCUT2D eigenvalue weighted by Gasteiger charge is 2.32. The third-order valence-electron chi connectivity index (χ3n) is 5.28. The number of thiophene rings is 1. The Morgan fingerprint density at radius 1 is 1.21 bits per heavy atom. The molecule has 1 aliphatic rings. The van der Waals surface area contributed by atoms with Gasteiger partial charge >= 0.3 is 0 Å². The van der Waals surface area contributed by atoms with Gasteiger partial charge in [-0.15, -0.1) is 5.10 Å². The van der Waals surface area contributed by atoms with Crippen LogP contribution in [0.3, 0.4) is 0 Å². The molecule has 4 aromatic rings. The standard InChI is InChI=1S/C20H19N5O2S/c1-23-7-8-24(20(26)18-3-2-9-27-18)12-17(23)19-16-5-4-14(11-25(16)22-21-19)15-6-10-28-13-15/h2-6,9-11,13,17H,7-8,12H2,1H3. The predicted octanol–water partition coefficient (Wildman–Crippen LogP) is 3.18. The molecule has 1 aliphatic heterocycles. The number of hydrogen-bond donors (Lipinski definition) is 0. The van der Waals surface area contributed by atoms with Crippen LogP contribution >= 0.6 is 11.3 Å². The fourth-order valence-corrected chi connectivity index (χ4v) is 4.33. The Labute approximate surface area is 165 Å². The van der Waals surface area contributed by atoms with Crippen molar-refractivity contribution in [3.63, 3.8) is 0 Å². The average molecular weight is 393 g/mol. The fraction of sp³-hybridized carbons (Fsp3) is 0.250. The van der Waals surface area contributed by atoms with Crippen molar-refractivity contribution in [3.8, 4) is 11.1 Å². The monoisotopic (exact) mass is 393 g/mol. The lowest BCUT2D eigenvalue weighted by atomic mass is 10.1. The molecule has 5 rings (SSSR count). The van der Waals surface area contributed by atoms with Gasteiger partial charge in [0.2, 0.25) is 0 Å². The number of fused-ring (bicyclic) bond motifs is 1. The average Bonchev–Trinajstić information content (AvgIpc) is 3.48. The maximum atomic E-state index is 12.7. The highest BCUT2D eigenvalue weighted by molar-refractivity contribution is 7.08. The third-order valence-corrected chi connectivity index (χ3v) is 5.96. The SMILES string of the molecule is CN1CCN(C(=O)c2ccco2)CC1c1nnn2cc(-c3ccsc3)ccc12. The molecule has 0 N–H and O–H groups in total. The van der Waals surface area contributed by atoms with E-state index >= 15 is 0 Å². The van der Waals surface area contributed by atoms with Crippen LogP contribution in [0.1, 0.15) is 22.3 Å². The van der Waals surface area contributed by atoms with E-state index in [4.69, 9.17) is 4.42 Å². The van der Waals surface area contributed by atoms with Crippen LogP contribution in [0.4, 0.5) is 0 Å². The van der Waals surface area contributed by atoms with Crippen molar-refractivity contribution in [2.75, 3.05) is 26.7 Å². The molecule has 0 bridgehead atoms. The van der Waals surface area contributed by atoms with Gasteiger partial charge in [-0.1, -0.05) is 11.3 Å². The van der Waals surface area contributed by atoms with Gasteiger partial charge in [0, 0.05) is 31.4 Å². The summed E-state index contributed by atoms with van der Waals surface area (Å²) >= 11 is 1.67. The van der Waals surface area contributed by atoms with Crippen LogP contribution in [0.2, 0.25) is 0 Å². The minimum atomic E-state index is -0.0840. The zero-order valence-electron chi connectivity index (χ0n) is 15.4. The molecule has 1 amide bonds. The molecule has 0 spiro atoms. The van der Waals surface area contributed by atoms with Crippen LogP contribution in [0.25, 0.3) is 16.6 Å². The van der Waals surface area contributed by atoms with Crippen molar-refractivity contribution < 1.29 is 9.21 Å². The van der Waals surface area contributed by atoms with Crippen molar-refractivity contribution in [2.24, 2.45) is 0 Å². The lowest BCUT2D eigenvalue weighted by Crippen LogP contribution is -2.49. The number of nitrogens with zero attached hydrogens (tertiary/aromatic N) is 5. The van der Waals surface area contributed by atoms with E-state index in [1.54, 1.807) is 23.5 Å². The molecule has 0 radical (unpaired) electrons. The number of piperazine rings is 1. The van der Waals surface area contributed by atoms with E-state index in [-0.39, 0.29) is 11.9 Å². The Morgan fingerprint density at radius 3 is 2.93 bits per heavy atom. The number of amides is 1. The predicted molar refractivity (Wildman–Crippen MR) is 106 cm³/mol. The van der Waals surface area contributed by atoms with E-state index in [1.807, 2.05) is 15.6 Å². The zero-order valence-corrected chi connectivity index (χ0v) is 16.2. The minimum absolute atomic E-state index is 0.0165. The van der Waals surface area contributed by atoms with Crippen LogP contribution in [-0.2, 0) is 0 Å². The molecule has 28 heavy (non-hydrogen) atoms. The van der Waals surface area contributed by atoms with Gasteiger partial charge in [-0.25, -0.2) is 4.52 Å². The van der Waals surface area contributed by atoms with Crippen molar-refractivity contribution >= 4 is 22.8 Å². The van der Waals surface area contributed by atoms with Crippen LogP contribution in [-0.4, -0.2) is 57.2 Å². The number of likely N-dealkylation sites (N-methyl/N-ethyl adjacent to an activating group) is 1. The topological polar surface area (TPSA) is 66.9 Å². The van der Waals surface area contributed by atoms with Gasteiger partial charge in [0.1, 0.15) is 5.69 Å². The third kappa shape index (κ3) is 2.90. The summed E-state index contributed by atoms with van der Waals surface area (Å²) in [5, 5.41) is 13.0.